The fourth-order valence-electron chi connectivity index (χ4n) is 3.51. The predicted molar refractivity (Wildman–Crippen MR) is 110 cm³/mol. The number of nitrogens with one attached hydrogen (secondary N) is 2. The molecule has 2 heterocycles. The van der Waals surface area contributed by atoms with Gasteiger partial charge in [0.25, 0.3) is 5.91 Å². The first kappa shape index (κ1) is 18.3. The molecule has 1 aliphatic heterocycles. The number of amides is 1. The van der Waals surface area contributed by atoms with Crippen molar-refractivity contribution in [2.45, 2.75) is 26.8 Å². The maximum absolute atomic E-state index is 13.3. The van der Waals surface area contributed by atoms with Gasteiger partial charge in [0.15, 0.2) is 0 Å². The molecule has 3 aromatic rings. The van der Waals surface area contributed by atoms with E-state index in [1.807, 2.05) is 57.2 Å². The molecule has 4 rings (SSSR count). The van der Waals surface area contributed by atoms with Crippen LogP contribution in [0.5, 0.6) is 0 Å². The number of nitrogens with zero attached hydrogens (tertiary/aromatic N) is 3. The van der Waals surface area contributed by atoms with Crippen LogP contribution in [0.4, 0.5) is 11.6 Å². The van der Waals surface area contributed by atoms with Crippen molar-refractivity contribution >= 4 is 29.1 Å². The Hall–Kier alpha value is -3.12. The molecule has 0 fully saturated rings. The van der Waals surface area contributed by atoms with Crippen LogP contribution in [0, 0.1) is 13.8 Å². The van der Waals surface area contributed by atoms with Gasteiger partial charge in [-0.15, -0.1) is 0 Å². The Labute approximate surface area is 168 Å². The normalized spacial score (nSPS) is 15.8. The number of carbonyl (C=O) groups is 1. The highest BCUT2D eigenvalue weighted by atomic mass is 35.5. The van der Waals surface area contributed by atoms with Crippen LogP contribution in [-0.2, 0) is 4.79 Å². The van der Waals surface area contributed by atoms with E-state index in [4.69, 9.17) is 11.6 Å². The van der Waals surface area contributed by atoms with Crippen LogP contribution in [0.25, 0.3) is 0 Å². The van der Waals surface area contributed by atoms with Crippen molar-refractivity contribution in [2.75, 3.05) is 10.6 Å². The molecule has 1 amide bonds. The third-order valence-electron chi connectivity index (χ3n) is 4.83. The molecular weight excluding hydrogens is 374 g/mol. The van der Waals surface area contributed by atoms with E-state index in [0.29, 0.717) is 16.5 Å². The van der Waals surface area contributed by atoms with Crippen LogP contribution in [-0.4, -0.2) is 20.7 Å². The second kappa shape index (κ2) is 7.13. The molecule has 1 aromatic heterocycles. The monoisotopic (exact) mass is 393 g/mol. The summed E-state index contributed by atoms with van der Waals surface area (Å²) in [6.45, 7) is 5.87. The van der Waals surface area contributed by atoms with Crippen molar-refractivity contribution in [2.24, 2.45) is 0 Å². The van der Waals surface area contributed by atoms with Crippen molar-refractivity contribution < 1.29 is 4.79 Å². The van der Waals surface area contributed by atoms with Gasteiger partial charge in [0.1, 0.15) is 12.4 Å². The number of fused-ring (bicyclic) bond motifs is 1. The summed E-state index contributed by atoms with van der Waals surface area (Å²) in [7, 11) is 0. The molecule has 7 heteroatoms. The fourth-order valence-corrected chi connectivity index (χ4v) is 3.71. The van der Waals surface area contributed by atoms with Crippen LogP contribution in [0.15, 0.2) is 60.1 Å². The highest BCUT2D eigenvalue weighted by Crippen LogP contribution is 2.36. The zero-order valence-electron chi connectivity index (χ0n) is 15.8. The van der Waals surface area contributed by atoms with Crippen LogP contribution in [0.1, 0.15) is 29.7 Å². The number of aryl methyl sites for hydroxylation is 2. The highest BCUT2D eigenvalue weighted by molar-refractivity contribution is 6.30. The molecule has 0 saturated carbocycles. The quantitative estimate of drug-likeness (QED) is 0.688. The topological polar surface area (TPSA) is 71.8 Å². The lowest BCUT2D eigenvalue weighted by Crippen LogP contribution is -2.31. The molecule has 2 N–H and O–H groups in total. The molecule has 0 bridgehead atoms. The average molecular weight is 394 g/mol. The molecule has 0 aliphatic carbocycles. The fraction of sp³-hybridized carbons (Fsp3) is 0.190. The van der Waals surface area contributed by atoms with Crippen molar-refractivity contribution in [3.63, 3.8) is 0 Å². The molecular formula is C21H20ClN5O. The number of halogens is 1. The molecule has 1 aliphatic rings. The van der Waals surface area contributed by atoms with E-state index in [2.05, 4.69) is 20.7 Å². The van der Waals surface area contributed by atoms with E-state index < -0.39 is 6.04 Å². The highest BCUT2D eigenvalue weighted by Gasteiger charge is 2.33. The second-order valence-electron chi connectivity index (χ2n) is 6.92. The van der Waals surface area contributed by atoms with Gasteiger partial charge in [-0.25, -0.2) is 4.68 Å². The van der Waals surface area contributed by atoms with E-state index in [9.17, 15) is 4.79 Å². The van der Waals surface area contributed by atoms with Crippen molar-refractivity contribution in [1.82, 2.24) is 14.8 Å². The second-order valence-corrected chi connectivity index (χ2v) is 7.36. The summed E-state index contributed by atoms with van der Waals surface area (Å²) in [6.07, 6.45) is 1.47. The van der Waals surface area contributed by atoms with Gasteiger partial charge < -0.3 is 10.6 Å². The van der Waals surface area contributed by atoms with Crippen molar-refractivity contribution in [3.05, 3.63) is 81.8 Å². The van der Waals surface area contributed by atoms with E-state index in [0.717, 1.165) is 28.1 Å². The lowest BCUT2D eigenvalue weighted by atomic mass is 9.95. The number of anilines is 2. The number of hydrogen-bond donors (Lipinski definition) is 2. The molecule has 28 heavy (non-hydrogen) atoms. The Bertz CT molecular complexity index is 1100. The van der Waals surface area contributed by atoms with Crippen LogP contribution in [0.2, 0.25) is 5.02 Å². The Morgan fingerprint density at radius 1 is 1.18 bits per heavy atom. The number of aromatic nitrogens is 3. The summed E-state index contributed by atoms with van der Waals surface area (Å²) in [4.78, 5) is 17.6. The van der Waals surface area contributed by atoms with E-state index in [1.54, 1.807) is 10.7 Å². The number of carbonyl (C=O) groups excluding carboxylic acids is 1. The third kappa shape index (κ3) is 3.27. The van der Waals surface area contributed by atoms with E-state index in [1.165, 1.54) is 6.33 Å². The Balaban J connectivity index is 1.77. The minimum atomic E-state index is -0.428. The van der Waals surface area contributed by atoms with Gasteiger partial charge in [0.2, 0.25) is 5.95 Å². The number of allylic oxidation sites excluding steroid dienone is 1. The summed E-state index contributed by atoms with van der Waals surface area (Å²) in [5.74, 6) is 0.397. The zero-order chi connectivity index (χ0) is 19.8. The number of hydrogen-bond acceptors (Lipinski definition) is 4. The van der Waals surface area contributed by atoms with Gasteiger partial charge in [-0.05, 0) is 50.1 Å². The first-order valence-corrected chi connectivity index (χ1v) is 9.33. The molecule has 0 saturated heterocycles. The van der Waals surface area contributed by atoms with Crippen LogP contribution >= 0.6 is 11.6 Å². The number of rotatable bonds is 3. The number of benzene rings is 2. The predicted octanol–water partition coefficient (Wildman–Crippen LogP) is 4.48. The summed E-state index contributed by atoms with van der Waals surface area (Å²) in [6, 6.07) is 13.0. The maximum Gasteiger partial charge on any atom is 0.255 e. The largest absolute Gasteiger partial charge is 0.328 e. The van der Waals surface area contributed by atoms with Gasteiger partial charge in [-0.1, -0.05) is 41.4 Å². The first-order chi connectivity index (χ1) is 13.4. The average Bonchev–Trinajstić information content (AvgIpc) is 3.10. The third-order valence-corrected chi connectivity index (χ3v) is 5.07. The summed E-state index contributed by atoms with van der Waals surface area (Å²) >= 11 is 6.22. The lowest BCUT2D eigenvalue weighted by Gasteiger charge is -2.29. The molecule has 0 unspecified atom stereocenters. The molecule has 2 aromatic carbocycles. The molecule has 6 nitrogen and oxygen atoms in total. The standard InChI is InChI=1S/C21H20ClN5O/c1-12-7-8-17(13(2)9-12)26-20(28)18-14(3)25-21-23-11-24-27(21)19(18)15-5-4-6-16(22)10-15/h4-11,19H,1-3H3,(H,26,28)(H,23,24,25)/t19-/m0/s1. The van der Waals surface area contributed by atoms with Gasteiger partial charge >= 0.3 is 0 Å². The zero-order valence-corrected chi connectivity index (χ0v) is 16.6. The maximum atomic E-state index is 13.3. The van der Waals surface area contributed by atoms with Crippen LogP contribution in [0.3, 0.4) is 0 Å². The Kier molecular flexibility index (Phi) is 4.65. The molecule has 1 atom stereocenters. The summed E-state index contributed by atoms with van der Waals surface area (Å²) < 4.78 is 1.70. The van der Waals surface area contributed by atoms with Crippen LogP contribution < -0.4 is 10.6 Å². The lowest BCUT2D eigenvalue weighted by molar-refractivity contribution is -0.113. The SMILES string of the molecule is CC1=C(C(=O)Nc2ccc(C)cc2C)[C@H](c2cccc(Cl)c2)n2ncnc2N1. The summed E-state index contributed by atoms with van der Waals surface area (Å²) in [5, 5.41) is 11.1. The van der Waals surface area contributed by atoms with Gasteiger partial charge in [-0.2, -0.15) is 10.1 Å². The summed E-state index contributed by atoms with van der Waals surface area (Å²) in [5.41, 5.74) is 5.11. The van der Waals surface area contributed by atoms with Gasteiger partial charge in [-0.3, -0.25) is 4.79 Å². The van der Waals surface area contributed by atoms with Crippen molar-refractivity contribution in [1.29, 1.82) is 0 Å². The smallest absolute Gasteiger partial charge is 0.255 e. The van der Waals surface area contributed by atoms with Crippen molar-refractivity contribution in [3.8, 4) is 0 Å². The van der Waals surface area contributed by atoms with E-state index >= 15 is 0 Å². The van der Waals surface area contributed by atoms with E-state index in [-0.39, 0.29) is 5.91 Å². The molecule has 0 spiro atoms. The molecule has 0 radical (unpaired) electrons. The minimum absolute atomic E-state index is 0.192. The Morgan fingerprint density at radius 2 is 2.00 bits per heavy atom. The Morgan fingerprint density at radius 3 is 2.75 bits per heavy atom. The minimum Gasteiger partial charge on any atom is -0.328 e. The molecule has 142 valence electrons. The van der Waals surface area contributed by atoms with Gasteiger partial charge in [0.05, 0.1) is 5.57 Å². The first-order valence-electron chi connectivity index (χ1n) is 8.95. The van der Waals surface area contributed by atoms with Gasteiger partial charge in [0, 0.05) is 16.4 Å².